The molecule has 2 saturated heterocycles. The molecule has 0 N–H and O–H groups in total. The Kier molecular flexibility index (Phi) is 7.09. The first kappa shape index (κ1) is 21.1. The molecule has 0 bridgehead atoms. The predicted octanol–water partition coefficient (Wildman–Crippen LogP) is 2.27. The highest BCUT2D eigenvalue weighted by atomic mass is 16.6. The molecule has 1 unspecified atom stereocenters. The fraction of sp³-hybridized carbons (Fsp3) is 0.571. The van der Waals surface area contributed by atoms with Crippen LogP contribution < -0.4 is 9.64 Å². The highest BCUT2D eigenvalue weighted by molar-refractivity contribution is 6.23. The SMILES string of the molecule is CCCCOc1ccccc1N1C(=O)CC(N2CCN(C(=O)OCC)CC2)C1=O. The Hall–Kier alpha value is -2.61. The zero-order chi connectivity index (χ0) is 20.8. The lowest BCUT2D eigenvalue weighted by Crippen LogP contribution is -2.54. The minimum atomic E-state index is -0.504. The highest BCUT2D eigenvalue weighted by Crippen LogP contribution is 2.33. The molecule has 158 valence electrons. The zero-order valence-corrected chi connectivity index (χ0v) is 17.1. The average Bonchev–Trinajstić information content (AvgIpc) is 3.03. The van der Waals surface area contributed by atoms with Crippen molar-refractivity contribution in [3.8, 4) is 5.75 Å². The number of para-hydroxylation sites is 2. The molecule has 3 amide bonds. The van der Waals surface area contributed by atoms with Crippen molar-refractivity contribution in [3.05, 3.63) is 24.3 Å². The van der Waals surface area contributed by atoms with Crippen molar-refractivity contribution in [3.63, 3.8) is 0 Å². The average molecular weight is 403 g/mol. The number of nitrogens with zero attached hydrogens (tertiary/aromatic N) is 3. The summed E-state index contributed by atoms with van der Waals surface area (Å²) in [5.41, 5.74) is 0.506. The van der Waals surface area contributed by atoms with Crippen LogP contribution in [-0.2, 0) is 14.3 Å². The number of amides is 3. The number of imide groups is 1. The molecule has 2 aliphatic rings. The number of hydrogen-bond donors (Lipinski definition) is 0. The van der Waals surface area contributed by atoms with Gasteiger partial charge in [-0.3, -0.25) is 14.5 Å². The quantitative estimate of drug-likeness (QED) is 0.513. The summed E-state index contributed by atoms with van der Waals surface area (Å²) in [6.07, 6.45) is 1.72. The molecule has 0 aromatic heterocycles. The van der Waals surface area contributed by atoms with Crippen molar-refractivity contribution < 1.29 is 23.9 Å². The van der Waals surface area contributed by atoms with Crippen LogP contribution in [0.4, 0.5) is 10.5 Å². The van der Waals surface area contributed by atoms with Gasteiger partial charge < -0.3 is 14.4 Å². The van der Waals surface area contributed by atoms with Crippen molar-refractivity contribution in [2.24, 2.45) is 0 Å². The molecule has 2 fully saturated rings. The molecular weight excluding hydrogens is 374 g/mol. The molecule has 0 saturated carbocycles. The molecule has 1 aromatic carbocycles. The van der Waals surface area contributed by atoms with Crippen molar-refractivity contribution in [1.29, 1.82) is 0 Å². The first-order valence-corrected chi connectivity index (χ1v) is 10.3. The fourth-order valence-electron chi connectivity index (χ4n) is 3.68. The first-order chi connectivity index (χ1) is 14.1. The summed E-state index contributed by atoms with van der Waals surface area (Å²) >= 11 is 0. The van der Waals surface area contributed by atoms with Crippen molar-refractivity contribution >= 4 is 23.6 Å². The summed E-state index contributed by atoms with van der Waals surface area (Å²) in [5.74, 6) is 0.0981. The van der Waals surface area contributed by atoms with E-state index in [4.69, 9.17) is 9.47 Å². The molecule has 2 aliphatic heterocycles. The Morgan fingerprint density at radius 1 is 1.10 bits per heavy atom. The number of ether oxygens (including phenoxy) is 2. The van der Waals surface area contributed by atoms with E-state index in [-0.39, 0.29) is 24.3 Å². The second-order valence-corrected chi connectivity index (χ2v) is 7.18. The van der Waals surface area contributed by atoms with Crippen LogP contribution in [-0.4, -0.2) is 73.1 Å². The number of piperazine rings is 1. The normalized spacial score (nSPS) is 20.3. The number of rotatable bonds is 7. The van der Waals surface area contributed by atoms with E-state index in [1.165, 1.54) is 4.90 Å². The highest BCUT2D eigenvalue weighted by Gasteiger charge is 2.44. The van der Waals surface area contributed by atoms with Crippen LogP contribution in [0.3, 0.4) is 0 Å². The monoisotopic (exact) mass is 403 g/mol. The van der Waals surface area contributed by atoms with Crippen LogP contribution in [0.15, 0.2) is 24.3 Å². The topological polar surface area (TPSA) is 79.4 Å². The van der Waals surface area contributed by atoms with Crippen LogP contribution in [0.5, 0.6) is 5.75 Å². The molecule has 1 aromatic rings. The minimum absolute atomic E-state index is 0.140. The molecule has 0 spiro atoms. The van der Waals surface area contributed by atoms with Gasteiger partial charge in [0.1, 0.15) is 5.75 Å². The summed E-state index contributed by atoms with van der Waals surface area (Å²) in [4.78, 5) is 42.6. The summed E-state index contributed by atoms with van der Waals surface area (Å²) in [6, 6.07) is 6.67. The second kappa shape index (κ2) is 9.73. The number of anilines is 1. The summed E-state index contributed by atoms with van der Waals surface area (Å²) in [7, 11) is 0. The third kappa shape index (κ3) is 4.70. The summed E-state index contributed by atoms with van der Waals surface area (Å²) in [5, 5.41) is 0. The molecular formula is C21H29N3O5. The summed E-state index contributed by atoms with van der Waals surface area (Å²) < 4.78 is 10.8. The van der Waals surface area contributed by atoms with Gasteiger partial charge in [0.15, 0.2) is 0 Å². The lowest BCUT2D eigenvalue weighted by Gasteiger charge is -2.36. The third-order valence-corrected chi connectivity index (χ3v) is 5.27. The van der Waals surface area contributed by atoms with Crippen LogP contribution in [0.1, 0.15) is 33.1 Å². The fourth-order valence-corrected chi connectivity index (χ4v) is 3.68. The van der Waals surface area contributed by atoms with Gasteiger partial charge >= 0.3 is 6.09 Å². The van der Waals surface area contributed by atoms with Crippen molar-refractivity contribution in [2.75, 3.05) is 44.3 Å². The van der Waals surface area contributed by atoms with Gasteiger partial charge in [-0.2, -0.15) is 0 Å². The van der Waals surface area contributed by atoms with Gasteiger partial charge in [0.2, 0.25) is 5.91 Å². The lowest BCUT2D eigenvalue weighted by molar-refractivity contribution is -0.123. The van der Waals surface area contributed by atoms with Gasteiger partial charge in [0.25, 0.3) is 5.91 Å². The maximum absolute atomic E-state index is 13.1. The smallest absolute Gasteiger partial charge is 0.409 e. The molecule has 1 atom stereocenters. The van der Waals surface area contributed by atoms with Crippen LogP contribution in [0.2, 0.25) is 0 Å². The van der Waals surface area contributed by atoms with Crippen molar-refractivity contribution in [2.45, 2.75) is 39.2 Å². The van der Waals surface area contributed by atoms with E-state index in [1.807, 2.05) is 11.0 Å². The van der Waals surface area contributed by atoms with E-state index in [1.54, 1.807) is 30.0 Å². The minimum Gasteiger partial charge on any atom is -0.491 e. The zero-order valence-electron chi connectivity index (χ0n) is 17.1. The lowest BCUT2D eigenvalue weighted by atomic mass is 10.2. The Bertz CT molecular complexity index is 746. The number of hydrogen-bond acceptors (Lipinski definition) is 6. The van der Waals surface area contributed by atoms with Crippen LogP contribution >= 0.6 is 0 Å². The van der Waals surface area contributed by atoms with Gasteiger partial charge in [-0.1, -0.05) is 25.5 Å². The van der Waals surface area contributed by atoms with Gasteiger partial charge in [-0.05, 0) is 25.5 Å². The standard InChI is InChI=1S/C21H29N3O5/c1-3-5-14-29-18-9-7-6-8-16(18)24-19(25)15-17(20(24)26)22-10-12-23(13-11-22)21(27)28-4-2/h6-9,17H,3-5,10-15H2,1-2H3. The number of carbonyl (C=O) groups is 3. The second-order valence-electron chi connectivity index (χ2n) is 7.18. The molecule has 8 heteroatoms. The molecule has 0 radical (unpaired) electrons. The Labute approximate surface area is 171 Å². The van der Waals surface area contributed by atoms with E-state index in [0.29, 0.717) is 50.8 Å². The third-order valence-electron chi connectivity index (χ3n) is 5.27. The Morgan fingerprint density at radius 2 is 1.83 bits per heavy atom. The van der Waals surface area contributed by atoms with E-state index in [2.05, 4.69) is 6.92 Å². The van der Waals surface area contributed by atoms with E-state index >= 15 is 0 Å². The first-order valence-electron chi connectivity index (χ1n) is 10.3. The Balaban J connectivity index is 1.67. The van der Waals surface area contributed by atoms with E-state index in [9.17, 15) is 14.4 Å². The van der Waals surface area contributed by atoms with Crippen molar-refractivity contribution in [1.82, 2.24) is 9.80 Å². The molecule has 0 aliphatic carbocycles. The number of benzene rings is 1. The maximum Gasteiger partial charge on any atom is 0.409 e. The van der Waals surface area contributed by atoms with Crippen LogP contribution in [0.25, 0.3) is 0 Å². The van der Waals surface area contributed by atoms with Gasteiger partial charge in [0.05, 0.1) is 31.4 Å². The summed E-state index contributed by atoms with van der Waals surface area (Å²) in [6.45, 7) is 6.76. The number of unbranched alkanes of at least 4 members (excludes halogenated alkanes) is 1. The predicted molar refractivity (Wildman–Crippen MR) is 108 cm³/mol. The van der Waals surface area contributed by atoms with Gasteiger partial charge in [0, 0.05) is 26.2 Å². The molecule has 29 heavy (non-hydrogen) atoms. The number of carbonyl (C=O) groups excluding carboxylic acids is 3. The Morgan fingerprint density at radius 3 is 2.52 bits per heavy atom. The van der Waals surface area contributed by atoms with Gasteiger partial charge in [-0.25, -0.2) is 9.69 Å². The van der Waals surface area contributed by atoms with Gasteiger partial charge in [-0.15, -0.1) is 0 Å². The van der Waals surface area contributed by atoms with Crippen LogP contribution in [0, 0.1) is 0 Å². The molecule has 2 heterocycles. The maximum atomic E-state index is 13.1. The van der Waals surface area contributed by atoms with E-state index < -0.39 is 6.04 Å². The largest absolute Gasteiger partial charge is 0.491 e. The molecule has 3 rings (SSSR count). The molecule has 8 nitrogen and oxygen atoms in total. The van der Waals surface area contributed by atoms with E-state index in [0.717, 1.165) is 12.8 Å².